The number of hydrogen-bond acceptors (Lipinski definition) is 3. The molecule has 4 nitrogen and oxygen atoms in total. The Bertz CT molecular complexity index is 397. The number of carboxylic acids is 1. The van der Waals surface area contributed by atoms with Crippen molar-refractivity contribution >= 4 is 29.2 Å². The first-order valence-electron chi connectivity index (χ1n) is 4.75. The summed E-state index contributed by atoms with van der Waals surface area (Å²) in [7, 11) is 0. The van der Waals surface area contributed by atoms with E-state index in [1.807, 2.05) is 0 Å². The van der Waals surface area contributed by atoms with Crippen molar-refractivity contribution in [1.82, 2.24) is 0 Å². The highest BCUT2D eigenvalue weighted by Crippen LogP contribution is 2.25. The highest BCUT2D eigenvalue weighted by atomic mass is 35.5. The van der Waals surface area contributed by atoms with E-state index in [9.17, 15) is 14.7 Å². The van der Waals surface area contributed by atoms with Gasteiger partial charge in [-0.15, -0.1) is 0 Å². The van der Waals surface area contributed by atoms with E-state index in [0.717, 1.165) is 5.56 Å². The average Bonchev–Trinajstić information content (AvgIpc) is 2.21. The molecule has 0 unspecified atom stereocenters. The fourth-order valence-electron chi connectivity index (χ4n) is 1.21. The van der Waals surface area contributed by atoms with Crippen LogP contribution in [0.15, 0.2) is 18.2 Å². The van der Waals surface area contributed by atoms with Gasteiger partial charge in [-0.1, -0.05) is 23.7 Å². The molecule has 1 aromatic carbocycles. The number of carbonyl (C=O) groups excluding carboxylic acids is 2. The average molecular weight is 241 g/mol. The van der Waals surface area contributed by atoms with E-state index in [-0.39, 0.29) is 18.7 Å². The molecule has 0 radical (unpaired) electrons. The molecular weight excluding hydrogens is 230 g/mol. The number of para-hydroxylation sites is 1. The molecule has 1 rings (SSSR count). The maximum atomic E-state index is 11.4. The van der Waals surface area contributed by atoms with Crippen molar-refractivity contribution in [3.8, 4) is 0 Å². The summed E-state index contributed by atoms with van der Waals surface area (Å²) in [5.74, 6) is -1.63. The predicted molar refractivity (Wildman–Crippen MR) is 59.1 cm³/mol. The summed E-state index contributed by atoms with van der Waals surface area (Å²) in [6.07, 6.45) is -0.414. The van der Waals surface area contributed by atoms with Crippen LogP contribution in [0.2, 0.25) is 5.02 Å². The van der Waals surface area contributed by atoms with Crippen LogP contribution in [0.1, 0.15) is 18.4 Å². The monoisotopic (exact) mass is 240 g/mol. The van der Waals surface area contributed by atoms with E-state index in [2.05, 4.69) is 5.32 Å². The van der Waals surface area contributed by atoms with Crippen molar-refractivity contribution in [1.29, 1.82) is 0 Å². The lowest BCUT2D eigenvalue weighted by Gasteiger charge is -2.10. The first kappa shape index (κ1) is 12.5. The van der Waals surface area contributed by atoms with Gasteiger partial charge in [0.15, 0.2) is 0 Å². The van der Waals surface area contributed by atoms with Crippen molar-refractivity contribution in [2.75, 3.05) is 5.32 Å². The molecule has 0 fully saturated rings. The summed E-state index contributed by atoms with van der Waals surface area (Å²) in [4.78, 5) is 21.5. The van der Waals surface area contributed by atoms with Gasteiger partial charge in [-0.2, -0.15) is 0 Å². The van der Waals surface area contributed by atoms with Crippen LogP contribution in [0.25, 0.3) is 0 Å². The van der Waals surface area contributed by atoms with Crippen molar-refractivity contribution in [2.45, 2.75) is 19.8 Å². The largest absolute Gasteiger partial charge is 0.550 e. The normalized spacial score (nSPS) is 9.88. The fourth-order valence-corrected chi connectivity index (χ4v) is 1.48. The molecule has 0 aliphatic rings. The molecule has 1 N–H and O–H groups in total. The molecule has 0 atom stereocenters. The third-order valence-corrected chi connectivity index (χ3v) is 2.36. The van der Waals surface area contributed by atoms with E-state index in [4.69, 9.17) is 11.6 Å². The summed E-state index contributed by atoms with van der Waals surface area (Å²) in [6, 6.07) is 5.23. The molecule has 0 aliphatic carbocycles. The molecular formula is C11H11ClNO3-. The van der Waals surface area contributed by atoms with Crippen LogP contribution in [0, 0.1) is 6.92 Å². The summed E-state index contributed by atoms with van der Waals surface area (Å²) in [5.41, 5.74) is 1.35. The van der Waals surface area contributed by atoms with Gasteiger partial charge >= 0.3 is 0 Å². The molecule has 16 heavy (non-hydrogen) atoms. The number of rotatable bonds is 4. The second kappa shape index (κ2) is 5.51. The zero-order chi connectivity index (χ0) is 12.1. The number of aryl methyl sites for hydroxylation is 1. The van der Waals surface area contributed by atoms with Crippen LogP contribution in [0.3, 0.4) is 0 Å². The van der Waals surface area contributed by atoms with Gasteiger partial charge in [-0.3, -0.25) is 4.79 Å². The molecule has 0 heterocycles. The molecule has 0 spiro atoms. The van der Waals surface area contributed by atoms with Crippen LogP contribution in [0.4, 0.5) is 5.69 Å². The Morgan fingerprint density at radius 3 is 2.62 bits per heavy atom. The Balaban J connectivity index is 2.66. The number of carboxylic acid groups (broad SMARTS) is 1. The molecule has 1 amide bonds. The van der Waals surface area contributed by atoms with Gasteiger partial charge in [0.25, 0.3) is 0 Å². The van der Waals surface area contributed by atoms with Gasteiger partial charge in [0.05, 0.1) is 10.7 Å². The van der Waals surface area contributed by atoms with Gasteiger partial charge in [0.2, 0.25) is 5.91 Å². The number of anilines is 1. The number of halogens is 1. The van der Waals surface area contributed by atoms with Crippen molar-refractivity contribution < 1.29 is 14.7 Å². The number of nitrogens with one attached hydrogen (secondary N) is 1. The number of benzene rings is 1. The van der Waals surface area contributed by atoms with Gasteiger partial charge in [0, 0.05) is 12.4 Å². The van der Waals surface area contributed by atoms with Crippen LogP contribution in [-0.4, -0.2) is 11.9 Å². The topological polar surface area (TPSA) is 69.2 Å². The molecule has 1 aromatic rings. The standard InChI is InChI=1S/C11H12ClNO3/c1-7-3-2-4-8(12)11(7)13-9(14)5-6-10(15)16/h2-4H,5-6H2,1H3,(H,13,14)(H,15,16)/p-1. The van der Waals surface area contributed by atoms with Crippen molar-refractivity contribution in [2.24, 2.45) is 0 Å². The lowest BCUT2D eigenvalue weighted by atomic mass is 10.2. The minimum absolute atomic E-state index is 0.118. The molecule has 0 saturated carbocycles. The van der Waals surface area contributed by atoms with Gasteiger partial charge < -0.3 is 15.2 Å². The highest BCUT2D eigenvalue weighted by Gasteiger charge is 2.07. The molecule has 0 saturated heterocycles. The van der Waals surface area contributed by atoms with Crippen LogP contribution in [-0.2, 0) is 9.59 Å². The SMILES string of the molecule is Cc1cccc(Cl)c1NC(=O)CCC(=O)[O-]. The smallest absolute Gasteiger partial charge is 0.224 e. The fraction of sp³-hybridized carbons (Fsp3) is 0.273. The van der Waals surface area contributed by atoms with E-state index < -0.39 is 5.97 Å². The van der Waals surface area contributed by atoms with Gasteiger partial charge in [-0.25, -0.2) is 0 Å². The zero-order valence-corrected chi connectivity index (χ0v) is 9.50. The van der Waals surface area contributed by atoms with Crippen molar-refractivity contribution in [3.63, 3.8) is 0 Å². The minimum atomic E-state index is -1.24. The summed E-state index contributed by atoms with van der Waals surface area (Å²) >= 11 is 5.89. The number of aliphatic carboxylic acids is 1. The second-order valence-corrected chi connectivity index (χ2v) is 3.76. The Morgan fingerprint density at radius 1 is 1.38 bits per heavy atom. The van der Waals surface area contributed by atoms with E-state index in [1.54, 1.807) is 25.1 Å². The van der Waals surface area contributed by atoms with Crippen LogP contribution in [0.5, 0.6) is 0 Å². The molecule has 0 aliphatic heterocycles. The lowest BCUT2D eigenvalue weighted by molar-refractivity contribution is -0.305. The Kier molecular flexibility index (Phi) is 4.31. The molecule has 5 heteroatoms. The highest BCUT2D eigenvalue weighted by molar-refractivity contribution is 6.33. The Labute approximate surface area is 98.2 Å². The second-order valence-electron chi connectivity index (χ2n) is 3.35. The predicted octanol–water partition coefficient (Wildman–Crippen LogP) is 1.12. The first-order chi connectivity index (χ1) is 7.50. The first-order valence-corrected chi connectivity index (χ1v) is 5.13. The van der Waals surface area contributed by atoms with E-state index >= 15 is 0 Å². The maximum absolute atomic E-state index is 11.4. The van der Waals surface area contributed by atoms with Crippen LogP contribution < -0.4 is 10.4 Å². The Hall–Kier alpha value is -1.55. The van der Waals surface area contributed by atoms with E-state index in [1.165, 1.54) is 0 Å². The van der Waals surface area contributed by atoms with Gasteiger partial charge in [-0.05, 0) is 25.0 Å². The molecule has 86 valence electrons. The molecule has 0 bridgehead atoms. The number of carbonyl (C=O) groups is 2. The zero-order valence-electron chi connectivity index (χ0n) is 8.75. The summed E-state index contributed by atoms with van der Waals surface area (Å²) < 4.78 is 0. The van der Waals surface area contributed by atoms with E-state index in [0.29, 0.717) is 10.7 Å². The lowest BCUT2D eigenvalue weighted by Crippen LogP contribution is -2.24. The number of hydrogen-bond donors (Lipinski definition) is 1. The third kappa shape index (κ3) is 3.55. The van der Waals surface area contributed by atoms with Crippen molar-refractivity contribution in [3.05, 3.63) is 28.8 Å². The number of amides is 1. The summed E-state index contributed by atoms with van der Waals surface area (Å²) in [5, 5.41) is 13.2. The minimum Gasteiger partial charge on any atom is -0.550 e. The van der Waals surface area contributed by atoms with Gasteiger partial charge in [0.1, 0.15) is 0 Å². The van der Waals surface area contributed by atoms with Crippen LogP contribution >= 0.6 is 11.6 Å². The quantitative estimate of drug-likeness (QED) is 0.857. The maximum Gasteiger partial charge on any atom is 0.224 e. The molecule has 0 aromatic heterocycles. The Morgan fingerprint density at radius 2 is 2.06 bits per heavy atom. The summed E-state index contributed by atoms with van der Waals surface area (Å²) in [6.45, 7) is 1.81. The third-order valence-electron chi connectivity index (χ3n) is 2.04.